The van der Waals surface area contributed by atoms with Gasteiger partial charge in [0.25, 0.3) is 0 Å². The molecule has 0 saturated carbocycles. The Morgan fingerprint density at radius 3 is 2.43 bits per heavy atom. The lowest BCUT2D eigenvalue weighted by molar-refractivity contribution is -0.127. The van der Waals surface area contributed by atoms with Gasteiger partial charge in [-0.15, -0.1) is 0 Å². The Morgan fingerprint density at radius 2 is 1.93 bits per heavy atom. The molecular weight excluding hydrogens is 174 g/mol. The first-order valence-electron chi connectivity index (χ1n) is 5.00. The summed E-state index contributed by atoms with van der Waals surface area (Å²) in [4.78, 5) is 13.7. The van der Waals surface area contributed by atoms with Gasteiger partial charge in [0.15, 0.2) is 0 Å². The number of hydrogen-bond acceptors (Lipinski definition) is 1. The smallest absolute Gasteiger partial charge is 0.230 e. The summed E-state index contributed by atoms with van der Waals surface area (Å²) in [6, 6.07) is 10.1. The number of rotatable bonds is 1. The van der Waals surface area contributed by atoms with Gasteiger partial charge in [0.2, 0.25) is 5.91 Å². The van der Waals surface area contributed by atoms with E-state index in [0.717, 1.165) is 12.1 Å². The Bertz CT molecular complexity index is 333. The third-order valence-corrected chi connectivity index (χ3v) is 2.93. The first kappa shape index (κ1) is 9.25. The molecule has 1 aromatic rings. The molecule has 1 aliphatic rings. The molecule has 74 valence electrons. The Hall–Kier alpha value is -1.31. The van der Waals surface area contributed by atoms with Gasteiger partial charge in [-0.2, -0.15) is 0 Å². The van der Waals surface area contributed by atoms with E-state index < -0.39 is 0 Å². The first-order valence-corrected chi connectivity index (χ1v) is 5.00. The fourth-order valence-corrected chi connectivity index (χ4v) is 2.24. The van der Waals surface area contributed by atoms with Crippen LogP contribution in [0.25, 0.3) is 0 Å². The molecule has 0 unspecified atom stereocenters. The molecule has 2 atom stereocenters. The number of likely N-dealkylation sites (tertiary alicyclic amines) is 1. The molecule has 2 rings (SSSR count). The Kier molecular flexibility index (Phi) is 2.28. The number of carbonyl (C=O) groups is 1. The second-order valence-corrected chi connectivity index (χ2v) is 4.08. The minimum atomic E-state index is 0.0706. The molecule has 0 spiro atoms. The fraction of sp³-hybridized carbons (Fsp3) is 0.417. The molecule has 2 heteroatoms. The van der Waals surface area contributed by atoms with Crippen molar-refractivity contribution in [3.05, 3.63) is 35.9 Å². The van der Waals surface area contributed by atoms with E-state index in [0.29, 0.717) is 5.92 Å². The maximum atomic E-state index is 11.8. The summed E-state index contributed by atoms with van der Waals surface area (Å²) in [6.07, 6.45) is 0. The number of hydrogen-bond donors (Lipinski definition) is 0. The van der Waals surface area contributed by atoms with Crippen molar-refractivity contribution in [1.29, 1.82) is 0 Å². The monoisotopic (exact) mass is 189 g/mol. The van der Waals surface area contributed by atoms with Crippen molar-refractivity contribution < 1.29 is 4.79 Å². The van der Waals surface area contributed by atoms with Crippen LogP contribution in [0.3, 0.4) is 0 Å². The fourth-order valence-electron chi connectivity index (χ4n) is 2.24. The maximum Gasteiger partial charge on any atom is 0.230 e. The van der Waals surface area contributed by atoms with E-state index in [1.165, 1.54) is 0 Å². The van der Waals surface area contributed by atoms with Gasteiger partial charge in [-0.3, -0.25) is 4.79 Å². The van der Waals surface area contributed by atoms with Gasteiger partial charge in [-0.05, 0) is 11.5 Å². The quantitative estimate of drug-likeness (QED) is 0.660. The zero-order valence-electron chi connectivity index (χ0n) is 8.60. The second kappa shape index (κ2) is 3.45. The van der Waals surface area contributed by atoms with E-state index in [2.05, 4.69) is 6.92 Å². The summed E-state index contributed by atoms with van der Waals surface area (Å²) < 4.78 is 0. The Morgan fingerprint density at radius 1 is 1.29 bits per heavy atom. The van der Waals surface area contributed by atoms with Gasteiger partial charge in [0, 0.05) is 13.6 Å². The van der Waals surface area contributed by atoms with Crippen LogP contribution in [-0.4, -0.2) is 24.4 Å². The summed E-state index contributed by atoms with van der Waals surface area (Å²) >= 11 is 0. The average molecular weight is 189 g/mol. The van der Waals surface area contributed by atoms with Crippen molar-refractivity contribution in [3.63, 3.8) is 0 Å². The standard InChI is InChI=1S/C12H15NO/c1-9-8-13(2)12(14)11(9)10-6-4-3-5-7-10/h3-7,9,11H,8H2,1-2H3/t9-,11-/m1/s1. The van der Waals surface area contributed by atoms with Gasteiger partial charge in [0.05, 0.1) is 5.92 Å². The summed E-state index contributed by atoms with van der Waals surface area (Å²) in [7, 11) is 1.88. The number of likely N-dealkylation sites (N-methyl/N-ethyl adjacent to an activating group) is 1. The van der Waals surface area contributed by atoms with E-state index in [-0.39, 0.29) is 11.8 Å². The number of carbonyl (C=O) groups excluding carboxylic acids is 1. The van der Waals surface area contributed by atoms with E-state index in [1.807, 2.05) is 42.3 Å². The van der Waals surface area contributed by atoms with Gasteiger partial charge in [-0.25, -0.2) is 0 Å². The molecule has 1 fully saturated rings. The van der Waals surface area contributed by atoms with Gasteiger partial charge < -0.3 is 4.90 Å². The highest BCUT2D eigenvalue weighted by Crippen LogP contribution is 2.32. The highest BCUT2D eigenvalue weighted by atomic mass is 16.2. The second-order valence-electron chi connectivity index (χ2n) is 4.08. The van der Waals surface area contributed by atoms with Gasteiger partial charge >= 0.3 is 0 Å². The van der Waals surface area contributed by atoms with E-state index in [4.69, 9.17) is 0 Å². The van der Waals surface area contributed by atoms with Crippen LogP contribution in [0.15, 0.2) is 30.3 Å². The number of benzene rings is 1. The molecule has 0 N–H and O–H groups in total. The molecular formula is C12H15NO. The van der Waals surface area contributed by atoms with Gasteiger partial charge in [-0.1, -0.05) is 37.3 Å². The lowest BCUT2D eigenvalue weighted by Gasteiger charge is -2.12. The Labute approximate surface area is 84.5 Å². The van der Waals surface area contributed by atoms with Crippen LogP contribution < -0.4 is 0 Å². The van der Waals surface area contributed by atoms with Crippen molar-refractivity contribution in [2.45, 2.75) is 12.8 Å². The van der Waals surface area contributed by atoms with Gasteiger partial charge in [0.1, 0.15) is 0 Å². The molecule has 14 heavy (non-hydrogen) atoms. The van der Waals surface area contributed by atoms with Crippen LogP contribution in [0.5, 0.6) is 0 Å². The molecule has 0 bridgehead atoms. The van der Waals surface area contributed by atoms with E-state index in [1.54, 1.807) is 0 Å². The lowest BCUT2D eigenvalue weighted by Crippen LogP contribution is -2.21. The summed E-state index contributed by atoms with van der Waals surface area (Å²) in [5.41, 5.74) is 1.15. The molecule has 1 heterocycles. The van der Waals surface area contributed by atoms with E-state index >= 15 is 0 Å². The average Bonchev–Trinajstić information content (AvgIpc) is 2.43. The van der Waals surface area contributed by atoms with Crippen LogP contribution in [-0.2, 0) is 4.79 Å². The van der Waals surface area contributed by atoms with Crippen molar-refractivity contribution >= 4 is 5.91 Å². The summed E-state index contributed by atoms with van der Waals surface area (Å²) in [6.45, 7) is 3.01. The van der Waals surface area contributed by atoms with Crippen molar-refractivity contribution in [2.75, 3.05) is 13.6 Å². The van der Waals surface area contributed by atoms with E-state index in [9.17, 15) is 4.79 Å². The molecule has 0 radical (unpaired) electrons. The lowest BCUT2D eigenvalue weighted by atomic mass is 9.90. The summed E-state index contributed by atoms with van der Waals surface area (Å²) in [5.74, 6) is 0.750. The molecule has 0 aromatic heterocycles. The van der Waals surface area contributed by atoms with Crippen LogP contribution in [0.2, 0.25) is 0 Å². The Balaban J connectivity index is 2.31. The third-order valence-electron chi connectivity index (χ3n) is 2.93. The maximum absolute atomic E-state index is 11.8. The molecule has 1 amide bonds. The normalized spacial score (nSPS) is 27.0. The third kappa shape index (κ3) is 1.41. The molecule has 1 aromatic carbocycles. The van der Waals surface area contributed by atoms with Crippen LogP contribution in [0.4, 0.5) is 0 Å². The minimum Gasteiger partial charge on any atom is -0.345 e. The zero-order valence-corrected chi connectivity index (χ0v) is 8.60. The molecule has 1 saturated heterocycles. The highest BCUT2D eigenvalue weighted by molar-refractivity contribution is 5.86. The number of nitrogens with zero attached hydrogens (tertiary/aromatic N) is 1. The molecule has 0 aliphatic carbocycles. The van der Waals surface area contributed by atoms with Crippen LogP contribution in [0, 0.1) is 5.92 Å². The van der Waals surface area contributed by atoms with Crippen molar-refractivity contribution in [3.8, 4) is 0 Å². The molecule has 2 nitrogen and oxygen atoms in total. The highest BCUT2D eigenvalue weighted by Gasteiger charge is 2.36. The van der Waals surface area contributed by atoms with Crippen LogP contribution in [0.1, 0.15) is 18.4 Å². The summed E-state index contributed by atoms with van der Waals surface area (Å²) in [5, 5.41) is 0. The van der Waals surface area contributed by atoms with Crippen molar-refractivity contribution in [1.82, 2.24) is 4.90 Å². The zero-order chi connectivity index (χ0) is 10.1. The SMILES string of the molecule is C[C@@H]1CN(C)C(=O)[C@H]1c1ccccc1. The minimum absolute atomic E-state index is 0.0706. The largest absolute Gasteiger partial charge is 0.345 e. The number of amides is 1. The topological polar surface area (TPSA) is 20.3 Å². The predicted octanol–water partition coefficient (Wildman–Crippen LogP) is 1.88. The first-order chi connectivity index (χ1) is 6.70. The molecule has 1 aliphatic heterocycles. The predicted molar refractivity (Wildman–Crippen MR) is 56.0 cm³/mol. The van der Waals surface area contributed by atoms with Crippen molar-refractivity contribution in [2.24, 2.45) is 5.92 Å². The van der Waals surface area contributed by atoms with Crippen LogP contribution >= 0.6 is 0 Å².